The van der Waals surface area contributed by atoms with Crippen molar-refractivity contribution < 1.29 is 18.7 Å². The Morgan fingerprint density at radius 3 is 2.67 bits per heavy atom. The molecule has 2 atom stereocenters. The van der Waals surface area contributed by atoms with Gasteiger partial charge in [0.1, 0.15) is 11.7 Å². The molecule has 3 aromatic rings. The van der Waals surface area contributed by atoms with Crippen molar-refractivity contribution in [3.63, 3.8) is 0 Å². The van der Waals surface area contributed by atoms with Gasteiger partial charge in [-0.25, -0.2) is 4.79 Å². The zero-order valence-corrected chi connectivity index (χ0v) is 20.9. The number of rotatable bonds is 4. The molecule has 0 spiro atoms. The molecule has 2 aliphatic carbocycles. The number of nitrogens with one attached hydrogen (secondary N) is 1. The first-order valence-corrected chi connectivity index (χ1v) is 13.4. The van der Waals surface area contributed by atoms with Crippen molar-refractivity contribution in [1.29, 1.82) is 0 Å². The predicted octanol–water partition coefficient (Wildman–Crippen LogP) is 5.70. The quantitative estimate of drug-likeness (QED) is 0.462. The van der Waals surface area contributed by atoms with Crippen LogP contribution in [0, 0.1) is 0 Å². The fourth-order valence-electron chi connectivity index (χ4n) is 5.86. The summed E-state index contributed by atoms with van der Waals surface area (Å²) in [6, 6.07) is 11.1. The molecule has 1 fully saturated rings. The molecule has 3 aliphatic rings. The van der Waals surface area contributed by atoms with Crippen LogP contribution in [0.3, 0.4) is 0 Å². The minimum Gasteiger partial charge on any atom is -0.464 e. The minimum absolute atomic E-state index is 0.0571. The first-order valence-electron chi connectivity index (χ1n) is 12.5. The molecule has 6 rings (SSSR count). The van der Waals surface area contributed by atoms with Crippen molar-refractivity contribution in [2.75, 3.05) is 0 Å². The van der Waals surface area contributed by atoms with Crippen molar-refractivity contribution in [2.45, 2.75) is 63.4 Å². The van der Waals surface area contributed by atoms with Crippen LogP contribution in [0.5, 0.6) is 0 Å². The summed E-state index contributed by atoms with van der Waals surface area (Å²) >= 11 is 1.64. The molecule has 0 unspecified atom stereocenters. The Morgan fingerprint density at radius 1 is 1.08 bits per heavy atom. The van der Waals surface area contributed by atoms with E-state index in [-0.39, 0.29) is 23.2 Å². The maximum absolute atomic E-state index is 13.7. The number of carbonyl (C=O) groups excluding carboxylic acids is 2. The zero-order chi connectivity index (χ0) is 24.8. The zero-order valence-electron chi connectivity index (χ0n) is 20.0. The number of allylic oxidation sites excluding steroid dienone is 3. The van der Waals surface area contributed by atoms with Crippen molar-refractivity contribution in [2.24, 2.45) is 0 Å². The number of thiophene rings is 1. The number of ether oxygens (including phenoxy) is 1. The molecular weight excluding hydrogens is 474 g/mol. The predicted molar refractivity (Wildman–Crippen MR) is 138 cm³/mol. The largest absolute Gasteiger partial charge is 0.464 e. The molecule has 1 N–H and O–H groups in total. The number of para-hydroxylation sites is 1. The third-order valence-electron chi connectivity index (χ3n) is 7.59. The lowest BCUT2D eigenvalue weighted by Crippen LogP contribution is -2.38. The number of benzene rings is 1. The Labute approximate surface area is 212 Å². The van der Waals surface area contributed by atoms with Gasteiger partial charge in [0.2, 0.25) is 0 Å². The Bertz CT molecular complexity index is 1470. The highest BCUT2D eigenvalue weighted by Crippen LogP contribution is 2.46. The molecule has 36 heavy (non-hydrogen) atoms. The summed E-state index contributed by atoms with van der Waals surface area (Å²) in [5.74, 6) is -1.28. The molecule has 184 valence electrons. The van der Waals surface area contributed by atoms with E-state index in [9.17, 15) is 14.4 Å². The number of hydrogen-bond donors (Lipinski definition) is 1. The average molecular weight is 502 g/mol. The third-order valence-corrected chi connectivity index (χ3v) is 8.62. The van der Waals surface area contributed by atoms with Crippen LogP contribution >= 0.6 is 11.3 Å². The summed E-state index contributed by atoms with van der Waals surface area (Å²) in [6.07, 6.45) is 5.99. The van der Waals surface area contributed by atoms with E-state index < -0.39 is 11.9 Å². The fraction of sp³-hybridized carbons (Fsp3) is 0.345. The van der Waals surface area contributed by atoms with Gasteiger partial charge in [0.15, 0.2) is 11.2 Å². The molecule has 2 aromatic heterocycles. The van der Waals surface area contributed by atoms with E-state index in [0.717, 1.165) is 36.3 Å². The van der Waals surface area contributed by atoms with Crippen molar-refractivity contribution in [1.82, 2.24) is 5.32 Å². The van der Waals surface area contributed by atoms with Crippen LogP contribution in [0.2, 0.25) is 0 Å². The third kappa shape index (κ3) is 3.91. The molecule has 0 bridgehead atoms. The van der Waals surface area contributed by atoms with Crippen LogP contribution < -0.4 is 10.7 Å². The maximum Gasteiger partial charge on any atom is 0.337 e. The Balaban J connectivity index is 1.48. The second-order valence-electron chi connectivity index (χ2n) is 9.86. The maximum atomic E-state index is 13.7. The first kappa shape index (κ1) is 23.0. The number of dihydropyridines is 1. The van der Waals surface area contributed by atoms with E-state index in [1.165, 1.54) is 6.26 Å². The number of Topliss-reactive ketones (excluding diaryl/α,β-unsaturated/α-hetero) is 1. The van der Waals surface area contributed by atoms with Gasteiger partial charge in [-0.15, -0.1) is 11.3 Å². The normalized spacial score (nSPS) is 22.6. The molecule has 0 radical (unpaired) electrons. The summed E-state index contributed by atoms with van der Waals surface area (Å²) in [6.45, 7) is 1.82. The molecule has 1 saturated carbocycles. The molecule has 1 aliphatic heterocycles. The number of ketones is 1. The van der Waals surface area contributed by atoms with Gasteiger partial charge >= 0.3 is 5.97 Å². The molecule has 0 amide bonds. The van der Waals surface area contributed by atoms with Crippen LogP contribution in [0.4, 0.5) is 0 Å². The van der Waals surface area contributed by atoms with E-state index in [0.29, 0.717) is 46.2 Å². The van der Waals surface area contributed by atoms with Gasteiger partial charge in [-0.3, -0.25) is 9.59 Å². The Kier molecular flexibility index (Phi) is 5.88. The summed E-state index contributed by atoms with van der Waals surface area (Å²) in [5.41, 5.74) is 2.73. The molecule has 6 nitrogen and oxygen atoms in total. The highest BCUT2D eigenvalue weighted by Gasteiger charge is 2.43. The minimum atomic E-state index is -0.826. The van der Waals surface area contributed by atoms with E-state index in [1.54, 1.807) is 35.6 Å². The number of esters is 1. The highest BCUT2D eigenvalue weighted by atomic mass is 32.1. The first-order chi connectivity index (χ1) is 17.5. The second kappa shape index (κ2) is 9.21. The van der Waals surface area contributed by atoms with Crippen LogP contribution in [0.1, 0.15) is 67.7 Å². The lowest BCUT2D eigenvalue weighted by molar-refractivity contribution is -0.144. The van der Waals surface area contributed by atoms with Crippen LogP contribution in [0.15, 0.2) is 79.8 Å². The topological polar surface area (TPSA) is 85.6 Å². The number of carbonyl (C=O) groups is 2. The van der Waals surface area contributed by atoms with Gasteiger partial charge in [-0.1, -0.05) is 18.2 Å². The van der Waals surface area contributed by atoms with Crippen LogP contribution in [-0.2, 0) is 14.3 Å². The van der Waals surface area contributed by atoms with E-state index in [4.69, 9.17) is 9.15 Å². The van der Waals surface area contributed by atoms with Crippen molar-refractivity contribution >= 4 is 34.1 Å². The average Bonchev–Trinajstić information content (AvgIpc) is 3.58. The summed E-state index contributed by atoms with van der Waals surface area (Å²) in [5, 5.41) is 5.81. The second-order valence-corrected chi connectivity index (χ2v) is 10.8. The fourth-order valence-corrected chi connectivity index (χ4v) is 6.69. The summed E-state index contributed by atoms with van der Waals surface area (Å²) in [4.78, 5) is 42.1. The summed E-state index contributed by atoms with van der Waals surface area (Å²) in [7, 11) is 0. The monoisotopic (exact) mass is 501 g/mol. The van der Waals surface area contributed by atoms with Gasteiger partial charge in [0, 0.05) is 39.7 Å². The molecule has 1 aromatic carbocycles. The molecular formula is C29H27NO5S. The van der Waals surface area contributed by atoms with Crippen molar-refractivity contribution in [3.8, 4) is 0 Å². The van der Waals surface area contributed by atoms with Gasteiger partial charge < -0.3 is 14.5 Å². The molecule has 3 heterocycles. The lowest BCUT2D eigenvalue weighted by atomic mass is 9.73. The van der Waals surface area contributed by atoms with Crippen LogP contribution in [0.25, 0.3) is 11.0 Å². The lowest BCUT2D eigenvalue weighted by Gasteiger charge is -2.36. The SMILES string of the molecule is CC1=C(C(=O)OC2CCCC2)[C@@H](c2coc3ccccc3c2=O)C2=C(C[C@@H](c3cccs3)CC2=O)N1. The van der Waals surface area contributed by atoms with Gasteiger partial charge in [-0.05, 0) is 62.6 Å². The number of fused-ring (bicyclic) bond motifs is 1. The molecule has 7 heteroatoms. The summed E-state index contributed by atoms with van der Waals surface area (Å²) < 4.78 is 11.7. The van der Waals surface area contributed by atoms with Gasteiger partial charge in [0.25, 0.3) is 0 Å². The Morgan fingerprint density at radius 2 is 1.89 bits per heavy atom. The number of hydrogen-bond acceptors (Lipinski definition) is 7. The van der Waals surface area contributed by atoms with Gasteiger partial charge in [0.05, 0.1) is 23.1 Å². The van der Waals surface area contributed by atoms with Crippen molar-refractivity contribution in [3.05, 3.63) is 91.2 Å². The van der Waals surface area contributed by atoms with E-state index >= 15 is 0 Å². The van der Waals surface area contributed by atoms with Gasteiger partial charge in [-0.2, -0.15) is 0 Å². The molecule has 0 saturated heterocycles. The Hall–Kier alpha value is -3.45. The van der Waals surface area contributed by atoms with Crippen LogP contribution in [-0.4, -0.2) is 17.9 Å². The van der Waals surface area contributed by atoms with E-state index in [2.05, 4.69) is 11.4 Å². The smallest absolute Gasteiger partial charge is 0.337 e. The highest BCUT2D eigenvalue weighted by molar-refractivity contribution is 7.10. The standard InChI is InChI=1S/C29H27NO5S/c1-16-25(29(33)35-18-7-2-3-8-18)26(20-15-34-23-10-5-4-9-19(23)28(20)32)27-21(30-16)13-17(14-22(27)31)24-11-6-12-36-24/h4-6,9-12,15,17-18,26,30H,2-3,7-8,13-14H2,1H3/t17-,26-/m1/s1. The van der Waals surface area contributed by atoms with E-state index in [1.807, 2.05) is 18.4 Å².